The number of ketones is 2. The van der Waals surface area contributed by atoms with E-state index in [-0.39, 0.29) is 23.4 Å². The van der Waals surface area contributed by atoms with Gasteiger partial charge in [0.2, 0.25) is 5.92 Å². The van der Waals surface area contributed by atoms with Crippen LogP contribution in [0.25, 0.3) is 0 Å². The highest BCUT2D eigenvalue weighted by Crippen LogP contribution is 2.36. The first-order valence-corrected chi connectivity index (χ1v) is 5.73. The molecule has 0 aliphatic heterocycles. The molecular weight excluding hydrogens is 220 g/mol. The summed E-state index contributed by atoms with van der Waals surface area (Å²) in [5.41, 5.74) is -0.246. The number of hydrogen-bond acceptors (Lipinski definition) is 4. The molecule has 0 bridgehead atoms. The second-order valence-corrected chi connectivity index (χ2v) is 5.48. The molecule has 17 heavy (non-hydrogen) atoms. The first-order chi connectivity index (χ1) is 7.76. The van der Waals surface area contributed by atoms with Gasteiger partial charge in [0.05, 0.1) is 14.0 Å². The van der Waals surface area contributed by atoms with Crippen LogP contribution in [0.2, 0.25) is 0 Å². The maximum atomic E-state index is 11.9. The lowest BCUT2D eigenvalue weighted by Crippen LogP contribution is -2.38. The topological polar surface area (TPSA) is 60.4 Å². The summed E-state index contributed by atoms with van der Waals surface area (Å²) < 4.78 is 4.57. The van der Waals surface area contributed by atoms with E-state index >= 15 is 0 Å². The molecule has 0 N–H and O–H groups in total. The fraction of sp³-hybridized carbons (Fsp3) is 0.692. The molecule has 0 amide bonds. The van der Waals surface area contributed by atoms with E-state index in [2.05, 4.69) is 4.74 Å². The van der Waals surface area contributed by atoms with Gasteiger partial charge < -0.3 is 4.74 Å². The van der Waals surface area contributed by atoms with Gasteiger partial charge in [-0.2, -0.15) is 4.79 Å². The van der Waals surface area contributed by atoms with Gasteiger partial charge in [0.1, 0.15) is 23.9 Å². The van der Waals surface area contributed by atoms with Crippen molar-refractivity contribution in [2.24, 2.45) is 11.3 Å². The summed E-state index contributed by atoms with van der Waals surface area (Å²) in [5.74, 6) is -0.791. The van der Waals surface area contributed by atoms with Crippen LogP contribution in [0, 0.1) is 17.3 Å². The molecule has 1 saturated carbocycles. The normalized spacial score (nSPS) is 20.2. The number of esters is 1. The van der Waals surface area contributed by atoms with Crippen LogP contribution >= 0.6 is 0 Å². The van der Waals surface area contributed by atoms with E-state index < -0.39 is 11.9 Å². The van der Waals surface area contributed by atoms with Gasteiger partial charge >= 0.3 is 5.97 Å². The smallest absolute Gasteiger partial charge is 0.433 e. The molecule has 94 valence electrons. The van der Waals surface area contributed by atoms with Crippen molar-refractivity contribution in [3.8, 4) is 0 Å². The molecule has 1 aliphatic rings. The molecule has 0 unspecified atom stereocenters. The first kappa shape index (κ1) is 13.7. The molecule has 1 fully saturated rings. The van der Waals surface area contributed by atoms with Crippen molar-refractivity contribution in [2.75, 3.05) is 7.11 Å². The molecule has 0 atom stereocenters. The average Bonchev–Trinajstić information content (AvgIpc) is 2.20. The SMILES string of the molecule is COC(=O)[C+](C)CC1C(=O)CC(C)(C)CC1=O. The van der Waals surface area contributed by atoms with Crippen molar-refractivity contribution in [1.82, 2.24) is 0 Å². The summed E-state index contributed by atoms with van der Waals surface area (Å²) >= 11 is 0. The number of ether oxygens (including phenoxy) is 1. The van der Waals surface area contributed by atoms with Crippen LogP contribution in [0.3, 0.4) is 0 Å². The van der Waals surface area contributed by atoms with Gasteiger partial charge in [-0.25, -0.2) is 0 Å². The molecule has 4 nitrogen and oxygen atoms in total. The summed E-state index contributed by atoms with van der Waals surface area (Å²) in [7, 11) is 1.29. The Kier molecular flexibility index (Phi) is 3.96. The zero-order chi connectivity index (χ0) is 13.2. The van der Waals surface area contributed by atoms with Gasteiger partial charge in [0.25, 0.3) is 0 Å². The van der Waals surface area contributed by atoms with Crippen molar-refractivity contribution in [1.29, 1.82) is 0 Å². The Hall–Kier alpha value is -1.32. The Morgan fingerprint density at radius 1 is 1.35 bits per heavy atom. The molecule has 0 aromatic heterocycles. The fourth-order valence-corrected chi connectivity index (χ4v) is 2.22. The van der Waals surface area contributed by atoms with Gasteiger partial charge in [-0.05, 0) is 5.41 Å². The highest BCUT2D eigenvalue weighted by Gasteiger charge is 2.44. The van der Waals surface area contributed by atoms with E-state index in [4.69, 9.17) is 0 Å². The third-order valence-electron chi connectivity index (χ3n) is 3.13. The molecule has 0 aromatic carbocycles. The summed E-state index contributed by atoms with van der Waals surface area (Å²) in [6.07, 6.45) is 0.996. The minimum Gasteiger partial charge on any atom is -0.433 e. The predicted molar refractivity (Wildman–Crippen MR) is 62.1 cm³/mol. The summed E-state index contributed by atoms with van der Waals surface area (Å²) in [6, 6.07) is 0. The molecule has 1 rings (SSSR count). The predicted octanol–water partition coefficient (Wildman–Crippen LogP) is 1.72. The number of rotatable bonds is 3. The van der Waals surface area contributed by atoms with Crippen LogP contribution in [0.15, 0.2) is 0 Å². The molecule has 4 heteroatoms. The summed E-state index contributed by atoms with van der Waals surface area (Å²) in [4.78, 5) is 35.0. The number of carbonyl (C=O) groups is 3. The van der Waals surface area contributed by atoms with Crippen molar-refractivity contribution in [3.63, 3.8) is 0 Å². The monoisotopic (exact) mass is 239 g/mol. The van der Waals surface area contributed by atoms with E-state index in [9.17, 15) is 14.4 Å². The molecular formula is C13H19O4+. The molecule has 0 saturated heterocycles. The highest BCUT2D eigenvalue weighted by molar-refractivity contribution is 6.06. The van der Waals surface area contributed by atoms with E-state index in [1.54, 1.807) is 6.92 Å². The third kappa shape index (κ3) is 3.32. The lowest BCUT2D eigenvalue weighted by molar-refractivity contribution is -0.141. The fourth-order valence-electron chi connectivity index (χ4n) is 2.22. The van der Waals surface area contributed by atoms with E-state index in [1.807, 2.05) is 13.8 Å². The van der Waals surface area contributed by atoms with Crippen LogP contribution in [-0.2, 0) is 19.1 Å². The minimum atomic E-state index is -0.651. The largest absolute Gasteiger partial charge is 0.498 e. The van der Waals surface area contributed by atoms with Gasteiger partial charge in [-0.1, -0.05) is 13.8 Å². The van der Waals surface area contributed by atoms with E-state index in [1.165, 1.54) is 7.11 Å². The second-order valence-electron chi connectivity index (χ2n) is 5.48. The van der Waals surface area contributed by atoms with E-state index in [0.717, 1.165) is 0 Å². The second kappa shape index (κ2) is 4.90. The van der Waals surface area contributed by atoms with Crippen molar-refractivity contribution >= 4 is 17.5 Å². The van der Waals surface area contributed by atoms with Crippen LogP contribution in [0.4, 0.5) is 0 Å². The first-order valence-electron chi connectivity index (χ1n) is 5.73. The number of Topliss-reactive ketones (excluding diaryl/α,β-unsaturated/α-hetero) is 2. The van der Waals surface area contributed by atoms with Crippen LogP contribution in [0.1, 0.15) is 40.0 Å². The standard InChI is InChI=1S/C13H19O4/c1-8(12(16)17-4)5-9-10(14)6-13(2,3)7-11(9)15/h9H,5-7H2,1-4H3/q+1. The van der Waals surface area contributed by atoms with Crippen molar-refractivity contribution < 1.29 is 19.1 Å². The molecule has 0 radical (unpaired) electrons. The maximum absolute atomic E-state index is 11.9. The van der Waals surface area contributed by atoms with Crippen molar-refractivity contribution in [2.45, 2.75) is 40.0 Å². The molecule has 0 spiro atoms. The van der Waals surface area contributed by atoms with Crippen molar-refractivity contribution in [3.05, 3.63) is 5.92 Å². The lowest BCUT2D eigenvalue weighted by atomic mass is 9.69. The number of methoxy groups -OCH3 is 1. The Bertz CT molecular complexity index is 323. The Labute approximate surface area is 102 Å². The Morgan fingerprint density at radius 3 is 2.24 bits per heavy atom. The van der Waals surface area contributed by atoms with Crippen LogP contribution < -0.4 is 0 Å². The minimum absolute atomic E-state index is 0.0606. The zero-order valence-electron chi connectivity index (χ0n) is 10.8. The molecule has 0 heterocycles. The van der Waals surface area contributed by atoms with Gasteiger partial charge in [0.15, 0.2) is 0 Å². The van der Waals surface area contributed by atoms with E-state index in [0.29, 0.717) is 18.8 Å². The Morgan fingerprint density at radius 2 is 1.82 bits per heavy atom. The highest BCUT2D eigenvalue weighted by atomic mass is 16.5. The van der Waals surface area contributed by atoms with Gasteiger partial charge in [0, 0.05) is 12.8 Å². The van der Waals surface area contributed by atoms with Crippen LogP contribution in [-0.4, -0.2) is 24.6 Å². The quantitative estimate of drug-likeness (QED) is 0.427. The third-order valence-corrected chi connectivity index (χ3v) is 3.13. The molecule has 0 aromatic rings. The lowest BCUT2D eigenvalue weighted by Gasteiger charge is -2.30. The number of hydrogen-bond donors (Lipinski definition) is 0. The average molecular weight is 239 g/mol. The number of carbonyl (C=O) groups excluding carboxylic acids is 3. The zero-order valence-corrected chi connectivity index (χ0v) is 10.8. The summed E-state index contributed by atoms with van der Waals surface area (Å²) in [6.45, 7) is 5.43. The Balaban J connectivity index is 2.69. The summed E-state index contributed by atoms with van der Waals surface area (Å²) in [5, 5.41) is 0. The molecule has 1 aliphatic carbocycles. The maximum Gasteiger partial charge on any atom is 0.498 e. The van der Waals surface area contributed by atoms with Crippen LogP contribution in [0.5, 0.6) is 0 Å². The van der Waals surface area contributed by atoms with Gasteiger partial charge in [-0.3, -0.25) is 9.59 Å². The van der Waals surface area contributed by atoms with Gasteiger partial charge in [-0.15, -0.1) is 0 Å².